The van der Waals surface area contributed by atoms with Crippen molar-refractivity contribution in [1.82, 2.24) is 30.3 Å². The number of urea groups is 1. The fourth-order valence-corrected chi connectivity index (χ4v) is 3.59. The Morgan fingerprint density at radius 3 is 2.93 bits per heavy atom. The van der Waals surface area contributed by atoms with E-state index in [0.717, 1.165) is 23.0 Å². The second-order valence-electron chi connectivity index (χ2n) is 6.99. The molecular formula is C20H18N8O2. The summed E-state index contributed by atoms with van der Waals surface area (Å²) in [6, 6.07) is 8.21. The Labute approximate surface area is 170 Å². The van der Waals surface area contributed by atoms with Crippen LogP contribution >= 0.6 is 0 Å². The van der Waals surface area contributed by atoms with Gasteiger partial charge < -0.3 is 15.5 Å². The topological polar surface area (TPSA) is 132 Å². The van der Waals surface area contributed by atoms with Gasteiger partial charge in [-0.1, -0.05) is 6.07 Å². The Balaban J connectivity index is 1.28. The molecule has 30 heavy (non-hydrogen) atoms. The number of benzene rings is 1. The molecule has 0 aliphatic carbocycles. The summed E-state index contributed by atoms with van der Waals surface area (Å²) in [4.78, 5) is 31.3. The molecule has 1 aliphatic heterocycles. The first-order chi connectivity index (χ1) is 14.7. The molecule has 4 aromatic rings. The van der Waals surface area contributed by atoms with Gasteiger partial charge in [-0.3, -0.25) is 15.0 Å². The quantitative estimate of drug-likeness (QED) is 0.418. The molecule has 150 valence electrons. The number of nitrogens with zero attached hydrogens (tertiary/aromatic N) is 4. The lowest BCUT2D eigenvalue weighted by Gasteiger charge is -2.29. The Morgan fingerprint density at radius 2 is 2.07 bits per heavy atom. The first kappa shape index (κ1) is 17.9. The third-order valence-corrected chi connectivity index (χ3v) is 5.08. The van der Waals surface area contributed by atoms with Gasteiger partial charge in [-0.15, -0.1) is 0 Å². The van der Waals surface area contributed by atoms with Gasteiger partial charge in [0.15, 0.2) is 11.5 Å². The summed E-state index contributed by atoms with van der Waals surface area (Å²) in [7, 11) is 0. The van der Waals surface area contributed by atoms with E-state index in [-0.39, 0.29) is 11.9 Å². The van der Waals surface area contributed by atoms with E-state index in [1.165, 1.54) is 5.56 Å². The van der Waals surface area contributed by atoms with Crippen molar-refractivity contribution in [2.45, 2.75) is 13.0 Å². The maximum absolute atomic E-state index is 12.8. The zero-order valence-corrected chi connectivity index (χ0v) is 15.8. The van der Waals surface area contributed by atoms with Crippen molar-refractivity contribution in [3.8, 4) is 0 Å². The molecule has 0 unspecified atom stereocenters. The minimum absolute atomic E-state index is 0.224. The third-order valence-electron chi connectivity index (χ3n) is 5.08. The van der Waals surface area contributed by atoms with Crippen LogP contribution in [0.3, 0.4) is 0 Å². The predicted molar refractivity (Wildman–Crippen MR) is 110 cm³/mol. The number of aromatic nitrogens is 5. The zero-order chi connectivity index (χ0) is 20.5. The summed E-state index contributed by atoms with van der Waals surface area (Å²) in [5.74, 6) is 0.127. The van der Waals surface area contributed by atoms with Crippen LogP contribution in [0.4, 0.5) is 16.3 Å². The molecule has 5 rings (SSSR count). The molecular weight excluding hydrogens is 384 g/mol. The monoisotopic (exact) mass is 402 g/mol. The van der Waals surface area contributed by atoms with Crippen molar-refractivity contribution >= 4 is 34.5 Å². The van der Waals surface area contributed by atoms with Crippen molar-refractivity contribution in [1.29, 1.82) is 0 Å². The molecule has 4 N–H and O–H groups in total. The summed E-state index contributed by atoms with van der Waals surface area (Å²) in [5.41, 5.74) is 3.92. The highest BCUT2D eigenvalue weighted by Gasteiger charge is 2.23. The van der Waals surface area contributed by atoms with Crippen molar-refractivity contribution in [3.05, 3.63) is 65.6 Å². The number of carbonyl (C=O) groups excluding carboxylic acids is 2. The average molecular weight is 402 g/mol. The molecule has 1 aliphatic rings. The van der Waals surface area contributed by atoms with Crippen LogP contribution in [0.2, 0.25) is 0 Å². The number of anilines is 2. The minimum atomic E-state index is -0.305. The highest BCUT2D eigenvalue weighted by molar-refractivity contribution is 6.04. The molecule has 0 atom stereocenters. The van der Waals surface area contributed by atoms with E-state index in [9.17, 15) is 9.59 Å². The molecule has 0 saturated heterocycles. The Hall–Kier alpha value is -4.21. The van der Waals surface area contributed by atoms with Gasteiger partial charge in [0.2, 0.25) is 0 Å². The standard InChI is InChI=1S/C20H18N8O2/c29-19(25-17-4-6-22-26-17)12-2-1-3-14(8-12)24-20(30)28-7-5-15-13(11-28)9-21-18-16(15)10-23-27-18/h1-4,6,8-10H,5,7,11H2,(H,24,30)(H,21,23,27)(H2,22,25,26,29). The Bertz CT molecular complexity index is 1230. The zero-order valence-electron chi connectivity index (χ0n) is 15.8. The first-order valence-corrected chi connectivity index (χ1v) is 9.44. The van der Waals surface area contributed by atoms with Gasteiger partial charge in [-0.05, 0) is 35.7 Å². The maximum Gasteiger partial charge on any atom is 0.322 e. The highest BCUT2D eigenvalue weighted by Crippen LogP contribution is 2.25. The fourth-order valence-electron chi connectivity index (χ4n) is 3.59. The molecule has 4 heterocycles. The number of rotatable bonds is 3. The van der Waals surface area contributed by atoms with Gasteiger partial charge in [0.05, 0.1) is 6.20 Å². The smallest absolute Gasteiger partial charge is 0.320 e. The number of fused-ring (bicyclic) bond motifs is 3. The van der Waals surface area contributed by atoms with Crippen LogP contribution in [0.25, 0.3) is 11.0 Å². The summed E-state index contributed by atoms with van der Waals surface area (Å²) in [6.45, 7) is 1.05. The lowest BCUT2D eigenvalue weighted by Crippen LogP contribution is -2.39. The van der Waals surface area contributed by atoms with Gasteiger partial charge in [0.1, 0.15) is 0 Å². The molecule has 0 saturated carbocycles. The van der Waals surface area contributed by atoms with E-state index in [2.05, 4.69) is 36.0 Å². The number of H-pyrrole nitrogens is 2. The molecule has 10 heteroatoms. The molecule has 0 bridgehead atoms. The Kier molecular flexibility index (Phi) is 4.36. The van der Waals surface area contributed by atoms with Crippen molar-refractivity contribution in [2.24, 2.45) is 0 Å². The van der Waals surface area contributed by atoms with E-state index in [1.807, 2.05) is 0 Å². The summed E-state index contributed by atoms with van der Waals surface area (Å²) >= 11 is 0. The molecule has 3 amide bonds. The van der Waals surface area contributed by atoms with Crippen LogP contribution in [-0.4, -0.2) is 48.8 Å². The second kappa shape index (κ2) is 7.32. The number of amides is 3. The van der Waals surface area contributed by atoms with Crippen LogP contribution in [0.1, 0.15) is 21.5 Å². The maximum atomic E-state index is 12.8. The summed E-state index contributed by atoms with van der Waals surface area (Å²) < 4.78 is 0. The van der Waals surface area contributed by atoms with Crippen LogP contribution < -0.4 is 10.6 Å². The van der Waals surface area contributed by atoms with Gasteiger partial charge in [-0.25, -0.2) is 9.78 Å². The molecule has 0 spiro atoms. The van der Waals surface area contributed by atoms with Gasteiger partial charge >= 0.3 is 6.03 Å². The Morgan fingerprint density at radius 1 is 1.13 bits per heavy atom. The van der Waals surface area contributed by atoms with Crippen LogP contribution in [0.5, 0.6) is 0 Å². The molecule has 0 radical (unpaired) electrons. The van der Waals surface area contributed by atoms with E-state index in [4.69, 9.17) is 0 Å². The molecule has 1 aromatic carbocycles. The third kappa shape index (κ3) is 3.34. The fraction of sp³-hybridized carbons (Fsp3) is 0.150. The van der Waals surface area contributed by atoms with Crippen molar-refractivity contribution in [3.63, 3.8) is 0 Å². The van der Waals surface area contributed by atoms with Crippen LogP contribution in [0, 0.1) is 0 Å². The average Bonchev–Trinajstić information content (AvgIpc) is 3.45. The van der Waals surface area contributed by atoms with E-state index in [1.54, 1.807) is 53.8 Å². The van der Waals surface area contributed by atoms with Crippen LogP contribution in [-0.2, 0) is 13.0 Å². The lowest BCUT2D eigenvalue weighted by molar-refractivity contribution is 0.102. The largest absolute Gasteiger partial charge is 0.322 e. The first-order valence-electron chi connectivity index (χ1n) is 9.44. The number of carbonyl (C=O) groups is 2. The summed E-state index contributed by atoms with van der Waals surface area (Å²) in [6.07, 6.45) is 5.91. The van der Waals surface area contributed by atoms with Gasteiger partial charge in [-0.2, -0.15) is 10.2 Å². The van der Waals surface area contributed by atoms with Crippen molar-refractivity contribution < 1.29 is 9.59 Å². The number of hydrogen-bond donors (Lipinski definition) is 4. The predicted octanol–water partition coefficient (Wildman–Crippen LogP) is 2.52. The van der Waals surface area contributed by atoms with E-state index in [0.29, 0.717) is 30.2 Å². The summed E-state index contributed by atoms with van der Waals surface area (Å²) in [5, 5.41) is 20.0. The normalized spacial score (nSPS) is 13.1. The SMILES string of the molecule is O=C(Nc1cc[nH]n1)c1cccc(NC(=O)N2CCc3c(cnc4[nH]ncc34)C2)c1. The lowest BCUT2D eigenvalue weighted by atomic mass is 9.99. The highest BCUT2D eigenvalue weighted by atomic mass is 16.2. The van der Waals surface area contributed by atoms with Crippen molar-refractivity contribution in [2.75, 3.05) is 17.2 Å². The second-order valence-corrected chi connectivity index (χ2v) is 6.99. The van der Waals surface area contributed by atoms with E-state index < -0.39 is 0 Å². The number of hydrogen-bond acceptors (Lipinski definition) is 5. The molecule has 0 fully saturated rings. The van der Waals surface area contributed by atoms with E-state index >= 15 is 0 Å². The molecule has 3 aromatic heterocycles. The molecule has 10 nitrogen and oxygen atoms in total. The van der Waals surface area contributed by atoms with Gasteiger partial charge in [0, 0.05) is 48.2 Å². The number of pyridine rings is 1. The van der Waals surface area contributed by atoms with Gasteiger partial charge in [0.25, 0.3) is 5.91 Å². The number of aromatic amines is 2. The minimum Gasteiger partial charge on any atom is -0.320 e. The van der Waals surface area contributed by atoms with Crippen LogP contribution in [0.15, 0.2) is 48.9 Å². The number of nitrogens with one attached hydrogen (secondary N) is 4.